The summed E-state index contributed by atoms with van der Waals surface area (Å²) in [5.41, 5.74) is 1.68. The van der Waals surface area contributed by atoms with Crippen LogP contribution in [-0.4, -0.2) is 32.2 Å². The fourth-order valence-corrected chi connectivity index (χ4v) is 2.75. The van der Waals surface area contributed by atoms with Gasteiger partial charge in [0.25, 0.3) is 0 Å². The van der Waals surface area contributed by atoms with Crippen LogP contribution in [-0.2, 0) is 4.74 Å². The minimum absolute atomic E-state index is 0.0143. The third-order valence-electron chi connectivity index (χ3n) is 4.38. The van der Waals surface area contributed by atoms with E-state index >= 15 is 0 Å². The largest absolute Gasteiger partial charge is 0.479 e. The molecule has 31 heavy (non-hydrogen) atoms. The standard InChI is InChI=1S/C24H22N6O/c1-24(2)22(21(15-27)23(31-24)19(13-25)14-26)16-29-17-28-12-6-5-7-18-8-10-20(11-9-18)30(3)4/h5-12,16-17H,1-4H3/b7-5+,12-6+,28-17?,29-16?. The van der Waals surface area contributed by atoms with Gasteiger partial charge in [0.1, 0.15) is 35.7 Å². The van der Waals surface area contributed by atoms with E-state index in [1.165, 1.54) is 12.6 Å². The second-order valence-corrected chi connectivity index (χ2v) is 7.17. The van der Waals surface area contributed by atoms with Gasteiger partial charge in [-0.1, -0.05) is 24.3 Å². The zero-order chi connectivity index (χ0) is 22.9. The van der Waals surface area contributed by atoms with Gasteiger partial charge in [0.15, 0.2) is 11.3 Å². The van der Waals surface area contributed by atoms with E-state index in [1.54, 1.807) is 38.3 Å². The zero-order valence-electron chi connectivity index (χ0n) is 17.9. The molecule has 0 fully saturated rings. The first-order chi connectivity index (χ1) is 14.8. The van der Waals surface area contributed by atoms with Gasteiger partial charge in [-0.3, -0.25) is 0 Å². The Kier molecular flexibility index (Phi) is 7.67. The molecule has 7 nitrogen and oxygen atoms in total. The average Bonchev–Trinajstić information content (AvgIpc) is 3.00. The summed E-state index contributed by atoms with van der Waals surface area (Å²) < 4.78 is 5.66. The van der Waals surface area contributed by atoms with Crippen LogP contribution in [0.1, 0.15) is 19.4 Å². The summed E-state index contributed by atoms with van der Waals surface area (Å²) in [5, 5.41) is 27.6. The highest BCUT2D eigenvalue weighted by Crippen LogP contribution is 2.38. The SMILES string of the molecule is CN(C)c1ccc(/C=C/C=C/N=CN=CC2=C(C#N)C(=C(C#N)C#N)OC2(C)C)cc1. The Morgan fingerprint density at radius 3 is 2.29 bits per heavy atom. The van der Waals surface area contributed by atoms with Gasteiger partial charge in [0.05, 0.1) is 0 Å². The molecule has 7 heteroatoms. The minimum Gasteiger partial charge on any atom is -0.479 e. The predicted molar refractivity (Wildman–Crippen MR) is 122 cm³/mol. The first-order valence-electron chi connectivity index (χ1n) is 9.38. The molecule has 0 N–H and O–H groups in total. The molecule has 0 amide bonds. The number of anilines is 1. The molecule has 0 aliphatic carbocycles. The lowest BCUT2D eigenvalue weighted by Crippen LogP contribution is -2.22. The molecular formula is C24H22N6O. The first kappa shape index (κ1) is 22.9. The summed E-state index contributed by atoms with van der Waals surface area (Å²) in [6, 6.07) is 13.7. The molecule has 154 valence electrons. The number of allylic oxidation sites excluding steroid dienone is 4. The van der Waals surface area contributed by atoms with Crippen LogP contribution >= 0.6 is 0 Å². The van der Waals surface area contributed by atoms with Gasteiger partial charge in [-0.15, -0.1) is 0 Å². The van der Waals surface area contributed by atoms with Crippen molar-refractivity contribution in [1.82, 2.24) is 0 Å². The maximum atomic E-state index is 9.46. The van der Waals surface area contributed by atoms with Gasteiger partial charge >= 0.3 is 0 Å². The van der Waals surface area contributed by atoms with Gasteiger partial charge in [0, 0.05) is 37.8 Å². The molecule has 0 spiro atoms. The quantitative estimate of drug-likeness (QED) is 0.300. The van der Waals surface area contributed by atoms with E-state index in [-0.39, 0.29) is 16.9 Å². The van der Waals surface area contributed by atoms with Gasteiger partial charge in [-0.2, -0.15) is 15.8 Å². The number of ether oxygens (including phenoxy) is 1. The highest BCUT2D eigenvalue weighted by molar-refractivity contribution is 5.91. The van der Waals surface area contributed by atoms with Crippen LogP contribution in [0, 0.1) is 34.0 Å². The third-order valence-corrected chi connectivity index (χ3v) is 4.38. The Balaban J connectivity index is 2.06. The van der Waals surface area contributed by atoms with Crippen molar-refractivity contribution in [2.45, 2.75) is 19.4 Å². The topological polar surface area (TPSA) is 109 Å². The summed E-state index contributed by atoms with van der Waals surface area (Å²) in [7, 11) is 4.00. The second-order valence-electron chi connectivity index (χ2n) is 7.17. The third kappa shape index (κ3) is 5.79. The fourth-order valence-electron chi connectivity index (χ4n) is 2.75. The van der Waals surface area contributed by atoms with Crippen LogP contribution < -0.4 is 4.90 Å². The molecule has 1 heterocycles. The Labute approximate surface area is 182 Å². The number of nitrogens with zero attached hydrogens (tertiary/aromatic N) is 6. The lowest BCUT2D eigenvalue weighted by molar-refractivity contribution is 0.0974. The molecule has 1 aromatic rings. The summed E-state index contributed by atoms with van der Waals surface area (Å²) in [6.45, 7) is 3.47. The number of aliphatic imine (C=N–C) groups is 2. The van der Waals surface area contributed by atoms with Gasteiger partial charge in [0.2, 0.25) is 0 Å². The van der Waals surface area contributed by atoms with E-state index in [0.717, 1.165) is 11.3 Å². The van der Waals surface area contributed by atoms with Crippen LogP contribution in [0.3, 0.4) is 0 Å². The van der Waals surface area contributed by atoms with Crippen molar-refractivity contribution in [2.75, 3.05) is 19.0 Å². The van der Waals surface area contributed by atoms with Crippen molar-refractivity contribution < 1.29 is 4.74 Å². The summed E-state index contributed by atoms with van der Waals surface area (Å²) in [4.78, 5) is 10.2. The Hall–Kier alpha value is -4.41. The lowest BCUT2D eigenvalue weighted by atomic mass is 9.96. The number of benzene rings is 1. The van der Waals surface area contributed by atoms with Crippen molar-refractivity contribution in [3.05, 3.63) is 70.7 Å². The van der Waals surface area contributed by atoms with Crippen LogP contribution in [0.25, 0.3) is 6.08 Å². The molecular weight excluding hydrogens is 388 g/mol. The maximum Gasteiger partial charge on any atom is 0.172 e. The van der Waals surface area contributed by atoms with Gasteiger partial charge in [-0.05, 0) is 37.6 Å². The van der Waals surface area contributed by atoms with Crippen LogP contribution in [0.4, 0.5) is 5.69 Å². The zero-order valence-corrected chi connectivity index (χ0v) is 17.9. The monoisotopic (exact) mass is 410 g/mol. The van der Waals surface area contributed by atoms with E-state index in [4.69, 9.17) is 15.3 Å². The maximum absolute atomic E-state index is 9.46. The number of hydrogen-bond acceptors (Lipinski definition) is 6. The van der Waals surface area contributed by atoms with E-state index < -0.39 is 5.60 Å². The molecule has 0 atom stereocenters. The first-order valence-corrected chi connectivity index (χ1v) is 9.38. The normalized spacial score (nSPS) is 15.5. The molecule has 0 saturated carbocycles. The Morgan fingerprint density at radius 1 is 1.03 bits per heavy atom. The van der Waals surface area contributed by atoms with Crippen LogP contribution in [0.5, 0.6) is 0 Å². The van der Waals surface area contributed by atoms with Crippen molar-refractivity contribution in [3.8, 4) is 18.2 Å². The fraction of sp³-hybridized carbons (Fsp3) is 0.208. The molecule has 2 rings (SSSR count). The van der Waals surface area contributed by atoms with E-state index in [1.807, 2.05) is 61.5 Å². The van der Waals surface area contributed by atoms with Gasteiger partial charge in [-0.25, -0.2) is 9.98 Å². The Bertz CT molecular complexity index is 1110. The second kappa shape index (κ2) is 10.4. The van der Waals surface area contributed by atoms with Gasteiger partial charge < -0.3 is 9.64 Å². The Morgan fingerprint density at radius 2 is 1.71 bits per heavy atom. The average molecular weight is 410 g/mol. The van der Waals surface area contributed by atoms with Crippen LogP contribution in [0.15, 0.2) is 75.1 Å². The van der Waals surface area contributed by atoms with Crippen molar-refractivity contribution in [1.29, 1.82) is 15.8 Å². The molecule has 1 aliphatic rings. The van der Waals surface area contributed by atoms with E-state index in [2.05, 4.69) is 9.98 Å². The van der Waals surface area contributed by atoms with E-state index in [0.29, 0.717) is 5.57 Å². The van der Waals surface area contributed by atoms with E-state index in [9.17, 15) is 5.26 Å². The summed E-state index contributed by atoms with van der Waals surface area (Å²) >= 11 is 0. The smallest absolute Gasteiger partial charge is 0.172 e. The molecule has 1 aromatic carbocycles. The van der Waals surface area contributed by atoms with Crippen molar-refractivity contribution in [3.63, 3.8) is 0 Å². The number of nitriles is 3. The van der Waals surface area contributed by atoms with Crippen molar-refractivity contribution in [2.24, 2.45) is 9.98 Å². The molecule has 0 bridgehead atoms. The molecule has 0 saturated heterocycles. The molecule has 0 aromatic heterocycles. The highest BCUT2D eigenvalue weighted by Gasteiger charge is 2.39. The summed E-state index contributed by atoms with van der Waals surface area (Å²) in [6.07, 6.45) is 10.0. The van der Waals surface area contributed by atoms with Crippen LogP contribution in [0.2, 0.25) is 0 Å². The minimum atomic E-state index is -0.891. The molecule has 0 unspecified atom stereocenters. The molecule has 1 aliphatic heterocycles. The lowest BCUT2D eigenvalue weighted by Gasteiger charge is -2.19. The number of hydrogen-bond donors (Lipinski definition) is 0. The summed E-state index contributed by atoms with van der Waals surface area (Å²) in [5.74, 6) is -0.0143. The highest BCUT2D eigenvalue weighted by atomic mass is 16.5. The number of rotatable bonds is 6. The molecule has 0 radical (unpaired) electrons. The predicted octanol–water partition coefficient (Wildman–Crippen LogP) is 4.31. The van der Waals surface area contributed by atoms with Crippen molar-refractivity contribution >= 4 is 24.3 Å².